The Bertz CT molecular complexity index is 5610. The Labute approximate surface area is 785 Å². The molecule has 0 aliphatic carbocycles. The fraction of sp³-hybridized carbons (Fsp3) is 0.416. The van der Waals surface area contributed by atoms with E-state index in [-0.39, 0.29) is 88.1 Å². The molecule has 12 heterocycles. The van der Waals surface area contributed by atoms with Crippen LogP contribution in [0, 0.1) is 0 Å². The maximum absolute atomic E-state index is 12.8. The number of hydrogen-bond acceptors (Lipinski definition) is 21. The Balaban J connectivity index is 0.000000247. The van der Waals surface area contributed by atoms with Crippen LogP contribution in [0.5, 0.6) is 0 Å². The number of ketones is 5. The normalized spacial score (nSPS) is 14.4. The first-order chi connectivity index (χ1) is 61.4. The number of fused-ring (bicyclic) bond motifs is 5. The summed E-state index contributed by atoms with van der Waals surface area (Å²) in [7, 11) is 2.36. The van der Waals surface area contributed by atoms with Crippen molar-refractivity contribution in [1.82, 2.24) is 54.1 Å². The number of halogens is 24. The van der Waals surface area contributed by atoms with Gasteiger partial charge in [0.15, 0.2) is 0 Å². The second-order valence-electron chi connectivity index (χ2n) is 28.7. The molecule has 5 amide bonds. The first-order valence-electron chi connectivity index (χ1n) is 38.1. The summed E-state index contributed by atoms with van der Waals surface area (Å²) in [5, 5.41) is 15.3. The maximum Gasteiger partial charge on any atom is 0.408 e. The fourth-order valence-electron chi connectivity index (χ4n) is 13.1. The number of methoxy groups -OCH3 is 2. The number of carbonyl (C=O) groups is 15. The Kier molecular flexibility index (Phi) is 38.2. The number of nitrogens with zero attached hydrogens (tertiary/aromatic N) is 7. The monoisotopic (exact) mass is 2080 g/mol. The molecule has 5 aliphatic rings. The van der Waals surface area contributed by atoms with Gasteiger partial charge in [-0.1, -0.05) is 81.2 Å². The van der Waals surface area contributed by atoms with Crippen molar-refractivity contribution in [3.8, 4) is 0 Å². The van der Waals surface area contributed by atoms with Gasteiger partial charge >= 0.3 is 48.8 Å². The molecule has 32 nitrogen and oxygen atoms in total. The molecule has 0 fully saturated rings. The van der Waals surface area contributed by atoms with Crippen LogP contribution >= 0.6 is 104 Å². The Morgan fingerprint density at radius 3 is 0.902 bits per heavy atom. The maximum atomic E-state index is 12.8. The van der Waals surface area contributed by atoms with Crippen LogP contribution < -0.4 is 38.1 Å². The molecular formula is C77H72Cl9F15N14O18. The lowest BCUT2D eigenvalue weighted by Crippen LogP contribution is -2.46. The first kappa shape index (κ1) is 111. The number of ether oxygens (including phenoxy) is 2. The average Bonchev–Trinajstić information content (AvgIpc) is 1.63. The number of Topliss-reactive ketones (excluding diaryl/α,β-unsaturated/α-hetero) is 5. The van der Waals surface area contributed by atoms with E-state index in [0.29, 0.717) is 150 Å². The predicted molar refractivity (Wildman–Crippen MR) is 446 cm³/mol. The summed E-state index contributed by atoms with van der Waals surface area (Å²) < 4.78 is 200. The van der Waals surface area contributed by atoms with E-state index in [0.717, 1.165) is 27.4 Å². The minimum absolute atomic E-state index is 0.0119. The highest BCUT2D eigenvalue weighted by molar-refractivity contribution is 6.83. The number of aromatic carboxylic acids is 1. The van der Waals surface area contributed by atoms with E-state index < -0.39 is 153 Å². The topological polar surface area (TPSA) is 457 Å². The SMILES string of the molecule is COC(=O)c1c(Cl)c(C(=O)C(=O)Cl)n2c1CCC2.COC(=O)c1c(Cl)c(C(=O)C(=O)N[C@H](C)C(F)(F)F)n2c1CCC2.C[C@@H](N)C(F)(F)F.C[C@@H](NC(=O)C(=O)c1c(Cl)c(C(=O)Cl)c2n1CCC2)C(F)(F)F.C[C@@H](NC(=O)C(=O)c1c(Cl)c(C(=O)Nc2ccnc(Cl)c2)c2n1CCC2)C(F)(F)F.C[C@@H](NC(=O)C(=O)c1c(Cl)c(C(=O)O)c2n1CCC2)C(F)(F)F.Nc1ccnc(Cl)c1. The number of esters is 2. The second-order valence-corrected chi connectivity index (χ2v) is 32.0. The molecule has 7 aromatic heterocycles. The number of nitrogens with one attached hydrogen (secondary N) is 5. The second kappa shape index (κ2) is 45.7. The summed E-state index contributed by atoms with van der Waals surface area (Å²) >= 11 is 52.0. The highest BCUT2D eigenvalue weighted by Crippen LogP contribution is 2.41. The lowest BCUT2D eigenvalue weighted by molar-refractivity contribution is -0.156. The van der Waals surface area contributed by atoms with E-state index in [1.165, 1.54) is 43.7 Å². The number of amides is 5. The van der Waals surface area contributed by atoms with Crippen LogP contribution in [0.2, 0.25) is 35.4 Å². The third-order valence-electron chi connectivity index (χ3n) is 19.6. The number of rotatable bonds is 20. The van der Waals surface area contributed by atoms with Crippen LogP contribution in [0.15, 0.2) is 36.7 Å². The zero-order chi connectivity index (χ0) is 101. The molecule has 0 saturated carbocycles. The molecule has 0 radical (unpaired) electrons. The molecule has 133 heavy (non-hydrogen) atoms. The van der Waals surface area contributed by atoms with Gasteiger partial charge in [-0.15, -0.1) is 0 Å². The average molecular weight is 2090 g/mol. The van der Waals surface area contributed by atoms with Crippen LogP contribution in [-0.4, -0.2) is 200 Å². The van der Waals surface area contributed by atoms with Crippen molar-refractivity contribution in [2.75, 3.05) is 25.3 Å². The van der Waals surface area contributed by atoms with Crippen molar-refractivity contribution >= 4 is 203 Å². The fourth-order valence-corrected chi connectivity index (χ4v) is 15.7. The molecule has 0 spiro atoms. The van der Waals surface area contributed by atoms with E-state index in [9.17, 15) is 138 Å². The summed E-state index contributed by atoms with van der Waals surface area (Å²) in [5.74, 6) is -15.1. The quantitative estimate of drug-likeness (QED) is 0.00877. The molecule has 0 saturated heterocycles. The smallest absolute Gasteiger partial charge is 0.408 e. The molecule has 10 N–H and O–H groups in total. The number of hydrogen-bond donors (Lipinski definition) is 8. The highest BCUT2D eigenvalue weighted by Gasteiger charge is 2.46. The summed E-state index contributed by atoms with van der Waals surface area (Å²) in [6.45, 7) is 5.48. The molecule has 7 aromatic rings. The van der Waals surface area contributed by atoms with Gasteiger partial charge in [-0.25, -0.2) is 24.4 Å². The molecule has 0 aromatic carbocycles. The van der Waals surface area contributed by atoms with Crippen molar-refractivity contribution in [3.05, 3.63) is 157 Å². The van der Waals surface area contributed by atoms with Crippen LogP contribution in [0.1, 0.15) is 199 Å². The zero-order valence-electron chi connectivity index (χ0n) is 69.2. The Morgan fingerprint density at radius 1 is 0.398 bits per heavy atom. The van der Waals surface area contributed by atoms with Crippen LogP contribution in [0.4, 0.5) is 77.2 Å². The predicted octanol–water partition coefficient (Wildman–Crippen LogP) is 14.5. The molecule has 726 valence electrons. The van der Waals surface area contributed by atoms with Crippen LogP contribution in [0.3, 0.4) is 0 Å². The van der Waals surface area contributed by atoms with E-state index >= 15 is 0 Å². The van der Waals surface area contributed by atoms with E-state index in [2.05, 4.69) is 30.5 Å². The standard InChI is InChI=1S/C18H15Cl2F3N4O3.C14H14ClF3N2O4.C13H11Cl2F3N2O3.C13H12ClF3N2O4.C11H9Cl2NO4.C5H5ClN2.C3H6F3N/c1-8(18(21,22)23)25-17(30)15(28)14-13(20)12(10-3-2-6-27(10)14)16(29)26-9-4-5-24-11(19)7-9;1-6(14(16,17)18)19-12(22)11(21)10-9(15)8(13(23)24-2)7-4-3-5-20(7)10;1-5(13(16,17)18)19-12(23)10(21)9-8(14)7(11(15)22)6-3-2-4-20(6)9;1-5(13(15,16)17)18-11(21)10(20)9-8(14)7(12(22)23)6-3-2-4-19(6)9;1-18-11(17)6-5-3-2-4-14(5)8(7(6)12)9(15)10(13)16;6-5-3-4(7)1-2-8-5;1-2(7)3(4,5)6/h4-5,7-8H,2-3,6H2,1H3,(H,25,30)(H,24,26,29);6H,3-5H2,1-2H3,(H,19,22);5H,2-4H2,1H3,(H,19,23);5H,2-4H2,1H3,(H,18,21)(H,22,23);2-4H2,1H3;1-3H,(H2,7,8);2H,7H2,1H3/t8-;6-;2*5-;;;2-/m1111..1/s1. The summed E-state index contributed by atoms with van der Waals surface area (Å²) in [4.78, 5) is 186. The van der Waals surface area contributed by atoms with Gasteiger partial charge in [-0.2, -0.15) is 65.9 Å². The van der Waals surface area contributed by atoms with Gasteiger partial charge in [0.25, 0.3) is 68.9 Å². The molecule has 12 rings (SSSR count). The Hall–Kier alpha value is -10.5. The van der Waals surface area contributed by atoms with Gasteiger partial charge in [0.2, 0.25) is 0 Å². The number of carboxylic acids is 1. The van der Waals surface area contributed by atoms with E-state index in [4.69, 9.17) is 115 Å². The number of nitrogen functional groups attached to an aromatic ring is 1. The third kappa shape index (κ3) is 27.0. The molecule has 5 aliphatic heterocycles. The van der Waals surface area contributed by atoms with Crippen molar-refractivity contribution < 1.29 is 152 Å². The van der Waals surface area contributed by atoms with Crippen molar-refractivity contribution in [3.63, 3.8) is 0 Å². The molecule has 0 bridgehead atoms. The summed E-state index contributed by atoms with van der Waals surface area (Å²) in [6.07, 6.45) is -14.7. The highest BCUT2D eigenvalue weighted by atomic mass is 35.5. The number of aromatic nitrogens is 7. The number of carboxylic acid groups (broad SMARTS) is 1. The van der Waals surface area contributed by atoms with Crippen molar-refractivity contribution in [2.24, 2.45) is 5.73 Å². The molecule has 56 heteroatoms. The summed E-state index contributed by atoms with van der Waals surface area (Å²) in [6, 6.07) is -4.35. The third-order valence-corrected chi connectivity index (χ3v) is 22.3. The van der Waals surface area contributed by atoms with Gasteiger partial charge in [0.05, 0.1) is 73.2 Å². The lowest BCUT2D eigenvalue weighted by Gasteiger charge is -2.16. The summed E-state index contributed by atoms with van der Waals surface area (Å²) in [5.41, 5.74) is 11.4. The molecule has 0 unspecified atom stereocenters. The van der Waals surface area contributed by atoms with Gasteiger partial charge in [-0.05, 0) is 146 Å². The molecular weight excluding hydrogens is 2010 g/mol. The van der Waals surface area contributed by atoms with E-state index in [1.807, 2.05) is 0 Å². The number of alkyl halides is 15. The number of nitrogens with two attached hydrogens (primary N) is 2. The van der Waals surface area contributed by atoms with Crippen LogP contribution in [0.25, 0.3) is 0 Å². The minimum atomic E-state index is -4.71. The minimum Gasteiger partial charge on any atom is -0.478 e. The number of pyridine rings is 2. The van der Waals surface area contributed by atoms with Gasteiger partial charge in [-0.3, -0.25) is 57.5 Å². The largest absolute Gasteiger partial charge is 0.478 e. The van der Waals surface area contributed by atoms with Gasteiger partial charge in [0.1, 0.15) is 62.9 Å². The van der Waals surface area contributed by atoms with Crippen LogP contribution in [-0.2, 0) is 98.3 Å². The number of anilines is 2. The van der Waals surface area contributed by atoms with Crippen molar-refractivity contribution in [2.45, 2.75) is 193 Å². The lowest BCUT2D eigenvalue weighted by atomic mass is 10.1. The van der Waals surface area contributed by atoms with Gasteiger partial charge < -0.3 is 75.5 Å². The Morgan fingerprint density at radius 2 is 0.654 bits per heavy atom. The van der Waals surface area contributed by atoms with Crippen molar-refractivity contribution in [1.29, 1.82) is 0 Å². The first-order valence-corrected chi connectivity index (χ1v) is 41.5. The molecule has 5 atom stereocenters. The number of carbonyl (C=O) groups excluding carboxylic acids is 14. The van der Waals surface area contributed by atoms with E-state index in [1.54, 1.807) is 44.2 Å². The van der Waals surface area contributed by atoms with Gasteiger partial charge in [0, 0.05) is 85.0 Å². The zero-order valence-corrected chi connectivity index (χ0v) is 76.0.